The van der Waals surface area contributed by atoms with E-state index in [0.717, 1.165) is 12.8 Å². The van der Waals surface area contributed by atoms with Gasteiger partial charge in [0.25, 0.3) is 0 Å². The molecule has 0 spiro atoms. The Bertz CT molecular complexity index is 521. The average Bonchev–Trinajstić information content (AvgIpc) is 2.65. The van der Waals surface area contributed by atoms with Crippen molar-refractivity contribution in [1.82, 2.24) is 19.7 Å². The molecule has 0 aromatic carbocycles. The van der Waals surface area contributed by atoms with Gasteiger partial charge in [0, 0.05) is 12.7 Å². The Morgan fingerprint density at radius 1 is 1.56 bits per heavy atom. The van der Waals surface area contributed by atoms with Gasteiger partial charge in [-0.05, 0) is 6.42 Å². The van der Waals surface area contributed by atoms with Crippen LogP contribution < -0.4 is 0 Å². The summed E-state index contributed by atoms with van der Waals surface area (Å²) >= 11 is 0. The number of carboxylic acid groups (broad SMARTS) is 1. The lowest BCUT2D eigenvalue weighted by atomic mass is 10.3. The van der Waals surface area contributed by atoms with E-state index in [-0.39, 0.29) is 5.69 Å². The van der Waals surface area contributed by atoms with Crippen LogP contribution in [0.2, 0.25) is 0 Å². The van der Waals surface area contributed by atoms with Gasteiger partial charge in [-0.3, -0.25) is 0 Å². The molecule has 2 heterocycles. The van der Waals surface area contributed by atoms with Crippen LogP contribution in [0, 0.1) is 0 Å². The van der Waals surface area contributed by atoms with E-state index in [1.165, 1.54) is 12.5 Å². The first-order valence-electron chi connectivity index (χ1n) is 5.14. The second-order valence-corrected chi connectivity index (χ2v) is 3.49. The minimum atomic E-state index is -1.05. The molecule has 0 bridgehead atoms. The largest absolute Gasteiger partial charge is 0.476 e. The number of aromatic carboxylic acids is 1. The SMILES string of the molecule is CCCCn1nc(C(=O)O)c2cncnc21. The molecule has 84 valence electrons. The highest BCUT2D eigenvalue weighted by molar-refractivity contribution is 5.99. The predicted molar refractivity (Wildman–Crippen MR) is 57.2 cm³/mol. The van der Waals surface area contributed by atoms with Crippen molar-refractivity contribution >= 4 is 17.0 Å². The minimum Gasteiger partial charge on any atom is -0.476 e. The highest BCUT2D eigenvalue weighted by atomic mass is 16.4. The van der Waals surface area contributed by atoms with E-state index in [1.807, 2.05) is 0 Å². The van der Waals surface area contributed by atoms with Crippen LogP contribution >= 0.6 is 0 Å². The highest BCUT2D eigenvalue weighted by Crippen LogP contribution is 2.15. The Labute approximate surface area is 91.9 Å². The molecule has 0 radical (unpaired) electrons. The molecule has 6 nitrogen and oxygen atoms in total. The topological polar surface area (TPSA) is 80.9 Å². The second-order valence-electron chi connectivity index (χ2n) is 3.49. The van der Waals surface area contributed by atoms with Crippen LogP contribution in [0.25, 0.3) is 11.0 Å². The van der Waals surface area contributed by atoms with Crippen molar-refractivity contribution in [2.75, 3.05) is 0 Å². The van der Waals surface area contributed by atoms with Crippen molar-refractivity contribution in [2.24, 2.45) is 0 Å². The van der Waals surface area contributed by atoms with Crippen molar-refractivity contribution in [3.8, 4) is 0 Å². The number of nitrogens with zero attached hydrogens (tertiary/aromatic N) is 4. The summed E-state index contributed by atoms with van der Waals surface area (Å²) in [7, 11) is 0. The van der Waals surface area contributed by atoms with Gasteiger partial charge in [0.1, 0.15) is 6.33 Å². The maximum absolute atomic E-state index is 11.0. The fourth-order valence-corrected chi connectivity index (χ4v) is 1.54. The smallest absolute Gasteiger partial charge is 0.357 e. The van der Waals surface area contributed by atoms with E-state index < -0.39 is 5.97 Å². The molecule has 2 aromatic rings. The van der Waals surface area contributed by atoms with E-state index in [4.69, 9.17) is 5.11 Å². The monoisotopic (exact) mass is 220 g/mol. The van der Waals surface area contributed by atoms with Crippen LogP contribution in [0.5, 0.6) is 0 Å². The summed E-state index contributed by atoms with van der Waals surface area (Å²) in [6.45, 7) is 2.75. The van der Waals surface area contributed by atoms with Crippen molar-refractivity contribution in [3.05, 3.63) is 18.2 Å². The standard InChI is InChI=1S/C10H12N4O2/c1-2-3-4-14-9-7(5-11-6-12-9)8(13-14)10(15)16/h5-6H,2-4H2,1H3,(H,15,16). The third-order valence-electron chi connectivity index (χ3n) is 2.34. The van der Waals surface area contributed by atoms with Crippen LogP contribution in [-0.2, 0) is 6.54 Å². The van der Waals surface area contributed by atoms with Crippen LogP contribution in [0.1, 0.15) is 30.3 Å². The van der Waals surface area contributed by atoms with Crippen molar-refractivity contribution in [2.45, 2.75) is 26.3 Å². The summed E-state index contributed by atoms with van der Waals surface area (Å²) in [5.74, 6) is -1.05. The third kappa shape index (κ3) is 1.73. The van der Waals surface area contributed by atoms with Crippen LogP contribution in [0.15, 0.2) is 12.5 Å². The molecule has 0 saturated heterocycles. The number of hydrogen-bond donors (Lipinski definition) is 1. The quantitative estimate of drug-likeness (QED) is 0.840. The molecule has 0 aliphatic rings. The summed E-state index contributed by atoms with van der Waals surface area (Å²) in [5, 5.41) is 13.5. The molecule has 0 aliphatic heterocycles. The van der Waals surface area contributed by atoms with Crippen LogP contribution in [-0.4, -0.2) is 30.8 Å². The number of aromatic nitrogens is 4. The molecule has 0 atom stereocenters. The molecule has 2 rings (SSSR count). The van der Waals surface area contributed by atoms with Gasteiger partial charge < -0.3 is 5.11 Å². The molecule has 1 N–H and O–H groups in total. The Kier molecular flexibility index (Phi) is 2.80. The van der Waals surface area contributed by atoms with Crippen molar-refractivity contribution in [1.29, 1.82) is 0 Å². The first-order valence-corrected chi connectivity index (χ1v) is 5.14. The van der Waals surface area contributed by atoms with Crippen LogP contribution in [0.4, 0.5) is 0 Å². The molecule has 2 aromatic heterocycles. The number of carboxylic acids is 1. The Balaban J connectivity index is 2.53. The number of rotatable bonds is 4. The van der Waals surface area contributed by atoms with E-state index in [2.05, 4.69) is 22.0 Å². The zero-order valence-electron chi connectivity index (χ0n) is 8.92. The van der Waals surface area contributed by atoms with Gasteiger partial charge in [-0.15, -0.1) is 0 Å². The fourth-order valence-electron chi connectivity index (χ4n) is 1.54. The lowest BCUT2D eigenvalue weighted by Crippen LogP contribution is -2.03. The van der Waals surface area contributed by atoms with E-state index in [9.17, 15) is 4.79 Å². The van der Waals surface area contributed by atoms with Gasteiger partial charge in [0.2, 0.25) is 0 Å². The molecule has 6 heteroatoms. The predicted octanol–water partition coefficient (Wildman–Crippen LogP) is 1.32. The summed E-state index contributed by atoms with van der Waals surface area (Å²) in [6.07, 6.45) is 4.86. The van der Waals surface area contributed by atoms with Gasteiger partial charge in [0.05, 0.1) is 5.39 Å². The number of fused-ring (bicyclic) bond motifs is 1. The Morgan fingerprint density at radius 2 is 2.38 bits per heavy atom. The Morgan fingerprint density at radius 3 is 3.06 bits per heavy atom. The molecular formula is C10H12N4O2. The lowest BCUT2D eigenvalue weighted by molar-refractivity contribution is 0.0691. The van der Waals surface area contributed by atoms with E-state index in [0.29, 0.717) is 17.6 Å². The van der Waals surface area contributed by atoms with Gasteiger partial charge in [-0.1, -0.05) is 13.3 Å². The molecule has 0 unspecified atom stereocenters. The number of aryl methyl sites for hydroxylation is 1. The first-order chi connectivity index (χ1) is 7.74. The van der Waals surface area contributed by atoms with E-state index in [1.54, 1.807) is 4.68 Å². The van der Waals surface area contributed by atoms with Gasteiger partial charge in [-0.2, -0.15) is 5.10 Å². The molecule has 0 aliphatic carbocycles. The normalized spacial score (nSPS) is 10.8. The summed E-state index contributed by atoms with van der Waals surface area (Å²) in [4.78, 5) is 18.9. The zero-order valence-corrected chi connectivity index (χ0v) is 8.92. The maximum atomic E-state index is 11.0. The second kappa shape index (κ2) is 4.26. The average molecular weight is 220 g/mol. The summed E-state index contributed by atoms with van der Waals surface area (Å²) < 4.78 is 1.63. The summed E-state index contributed by atoms with van der Waals surface area (Å²) in [6, 6.07) is 0. The van der Waals surface area contributed by atoms with Gasteiger partial charge in [-0.25, -0.2) is 19.4 Å². The summed E-state index contributed by atoms with van der Waals surface area (Å²) in [5.41, 5.74) is 0.604. The first kappa shape index (κ1) is 10.5. The lowest BCUT2D eigenvalue weighted by Gasteiger charge is -1.99. The molecule has 0 fully saturated rings. The number of carbonyl (C=O) groups is 1. The number of hydrogen-bond acceptors (Lipinski definition) is 4. The van der Waals surface area contributed by atoms with Crippen molar-refractivity contribution in [3.63, 3.8) is 0 Å². The van der Waals surface area contributed by atoms with Gasteiger partial charge >= 0.3 is 5.97 Å². The van der Waals surface area contributed by atoms with Gasteiger partial charge in [0.15, 0.2) is 11.3 Å². The highest BCUT2D eigenvalue weighted by Gasteiger charge is 2.16. The van der Waals surface area contributed by atoms with Crippen LogP contribution in [0.3, 0.4) is 0 Å². The molecular weight excluding hydrogens is 208 g/mol. The molecule has 0 amide bonds. The van der Waals surface area contributed by atoms with Crippen molar-refractivity contribution < 1.29 is 9.90 Å². The minimum absolute atomic E-state index is 0.0201. The Hall–Kier alpha value is -1.98. The third-order valence-corrected chi connectivity index (χ3v) is 2.34. The fraction of sp³-hybridized carbons (Fsp3) is 0.400. The zero-order chi connectivity index (χ0) is 11.5. The number of unbranched alkanes of at least 4 members (excludes halogenated alkanes) is 1. The maximum Gasteiger partial charge on any atom is 0.357 e. The molecule has 0 saturated carbocycles. The van der Waals surface area contributed by atoms with E-state index >= 15 is 0 Å². The molecule has 16 heavy (non-hydrogen) atoms.